The molecule has 0 saturated heterocycles. The summed E-state index contributed by atoms with van der Waals surface area (Å²) in [7, 11) is -0.207. The van der Waals surface area contributed by atoms with E-state index in [9.17, 15) is 13.2 Å². The van der Waals surface area contributed by atoms with Crippen LogP contribution in [0, 0.1) is 0 Å². The smallest absolute Gasteiger partial charge is 0.224 e. The number of nitrogens with one attached hydrogen (secondary N) is 1. The molecule has 0 aliphatic rings. The average molecular weight is 411 g/mol. The van der Waals surface area contributed by atoms with E-state index < -0.39 is 16.1 Å². The Balaban J connectivity index is 2.10. The highest BCUT2D eigenvalue weighted by Crippen LogP contribution is 2.22. The number of hydrogen-bond acceptors (Lipinski definition) is 4. The largest absolute Gasteiger partial charge is 0.497 e. The van der Waals surface area contributed by atoms with Crippen LogP contribution in [0.15, 0.2) is 48.5 Å². The highest BCUT2D eigenvalue weighted by molar-refractivity contribution is 7.88. The zero-order valence-corrected chi connectivity index (χ0v) is 17.0. The van der Waals surface area contributed by atoms with E-state index in [4.69, 9.17) is 16.3 Å². The summed E-state index contributed by atoms with van der Waals surface area (Å²) >= 11 is 5.89. The maximum atomic E-state index is 12.6. The van der Waals surface area contributed by atoms with E-state index in [1.807, 2.05) is 24.3 Å². The first-order valence-electron chi connectivity index (χ1n) is 8.27. The number of carbonyl (C=O) groups is 1. The fourth-order valence-electron chi connectivity index (χ4n) is 2.60. The summed E-state index contributed by atoms with van der Waals surface area (Å²) in [6.45, 7) is 0.412. The lowest BCUT2D eigenvalue weighted by Gasteiger charge is -2.22. The molecule has 2 aromatic carbocycles. The van der Waals surface area contributed by atoms with Gasteiger partial charge in [0.1, 0.15) is 5.75 Å². The lowest BCUT2D eigenvalue weighted by molar-refractivity contribution is -0.130. The van der Waals surface area contributed by atoms with Crippen LogP contribution in [0.3, 0.4) is 0 Å². The lowest BCUT2D eigenvalue weighted by Crippen LogP contribution is -2.34. The van der Waals surface area contributed by atoms with Gasteiger partial charge in [-0.1, -0.05) is 35.9 Å². The fourth-order valence-corrected chi connectivity index (χ4v) is 3.47. The summed E-state index contributed by atoms with van der Waals surface area (Å²) < 4.78 is 31.1. The zero-order valence-electron chi connectivity index (χ0n) is 15.5. The predicted molar refractivity (Wildman–Crippen MR) is 106 cm³/mol. The second kappa shape index (κ2) is 9.21. The van der Waals surface area contributed by atoms with E-state index >= 15 is 0 Å². The van der Waals surface area contributed by atoms with E-state index in [1.54, 1.807) is 43.3 Å². The Bertz CT molecular complexity index is 868. The molecule has 8 heteroatoms. The Morgan fingerprint density at radius 1 is 1.15 bits per heavy atom. The fraction of sp³-hybridized carbons (Fsp3) is 0.316. The number of sulfonamides is 1. The maximum absolute atomic E-state index is 12.6. The van der Waals surface area contributed by atoms with Crippen LogP contribution in [-0.4, -0.2) is 39.6 Å². The van der Waals surface area contributed by atoms with E-state index in [2.05, 4.69) is 4.72 Å². The van der Waals surface area contributed by atoms with E-state index in [0.29, 0.717) is 17.1 Å². The molecule has 0 aliphatic carbocycles. The van der Waals surface area contributed by atoms with Crippen LogP contribution >= 0.6 is 11.6 Å². The molecule has 6 nitrogen and oxygen atoms in total. The third-order valence-corrected chi connectivity index (χ3v) is 4.98. The number of carbonyl (C=O) groups excluding carboxylic acids is 1. The molecular weight excluding hydrogens is 388 g/mol. The van der Waals surface area contributed by atoms with Gasteiger partial charge in [-0.15, -0.1) is 0 Å². The summed E-state index contributed by atoms with van der Waals surface area (Å²) in [6, 6.07) is 13.5. The van der Waals surface area contributed by atoms with Gasteiger partial charge in [0.05, 0.1) is 19.4 Å². The van der Waals surface area contributed by atoms with Gasteiger partial charge in [0.25, 0.3) is 0 Å². The molecule has 2 aromatic rings. The molecule has 0 saturated carbocycles. The molecule has 0 fully saturated rings. The maximum Gasteiger partial charge on any atom is 0.224 e. The van der Waals surface area contributed by atoms with Gasteiger partial charge in [0, 0.05) is 25.0 Å². The van der Waals surface area contributed by atoms with Crippen molar-refractivity contribution < 1.29 is 17.9 Å². The van der Waals surface area contributed by atoms with Crippen LogP contribution in [0.4, 0.5) is 0 Å². The van der Waals surface area contributed by atoms with Crippen molar-refractivity contribution in [3.05, 3.63) is 64.7 Å². The number of rotatable bonds is 8. The average Bonchev–Trinajstić information content (AvgIpc) is 2.61. The van der Waals surface area contributed by atoms with Crippen molar-refractivity contribution in [3.8, 4) is 5.75 Å². The van der Waals surface area contributed by atoms with Gasteiger partial charge in [0.15, 0.2) is 0 Å². The second-order valence-corrected chi connectivity index (χ2v) is 8.51. The zero-order chi connectivity index (χ0) is 20.0. The van der Waals surface area contributed by atoms with Crippen LogP contribution in [0.5, 0.6) is 5.75 Å². The molecule has 27 heavy (non-hydrogen) atoms. The van der Waals surface area contributed by atoms with Gasteiger partial charge in [-0.2, -0.15) is 0 Å². The summed E-state index contributed by atoms with van der Waals surface area (Å²) in [4.78, 5) is 14.2. The molecule has 0 aromatic heterocycles. The van der Waals surface area contributed by atoms with Crippen molar-refractivity contribution in [3.63, 3.8) is 0 Å². The van der Waals surface area contributed by atoms with Crippen LogP contribution in [-0.2, 0) is 21.4 Å². The third kappa shape index (κ3) is 6.86. The van der Waals surface area contributed by atoms with Crippen molar-refractivity contribution in [1.29, 1.82) is 0 Å². The molecular formula is C19H23ClN2O4S. The van der Waals surface area contributed by atoms with Crippen LogP contribution in [0.2, 0.25) is 5.02 Å². The number of methoxy groups -OCH3 is 1. The topological polar surface area (TPSA) is 75.7 Å². The summed E-state index contributed by atoms with van der Waals surface area (Å²) in [5, 5.41) is 0.541. The number of nitrogens with zero attached hydrogens (tertiary/aromatic N) is 1. The van der Waals surface area contributed by atoms with Crippen molar-refractivity contribution in [2.75, 3.05) is 20.4 Å². The third-order valence-electron chi connectivity index (χ3n) is 4.01. The first-order valence-corrected chi connectivity index (χ1v) is 10.5. The number of hydrogen-bond donors (Lipinski definition) is 1. The molecule has 1 N–H and O–H groups in total. The van der Waals surface area contributed by atoms with Crippen molar-refractivity contribution >= 4 is 27.5 Å². The van der Waals surface area contributed by atoms with E-state index in [1.165, 1.54) is 0 Å². The molecule has 0 spiro atoms. The van der Waals surface area contributed by atoms with Crippen molar-refractivity contribution in [2.45, 2.75) is 19.0 Å². The first kappa shape index (κ1) is 21.2. The molecule has 2 rings (SSSR count). The normalized spacial score (nSPS) is 12.4. The number of halogens is 1. The second-order valence-electron chi connectivity index (χ2n) is 6.30. The van der Waals surface area contributed by atoms with Gasteiger partial charge >= 0.3 is 0 Å². The SMILES string of the molecule is COc1ccc(CN(C)C(=O)C[C@H](NS(C)(=O)=O)c2ccc(Cl)cc2)cc1. The molecule has 0 radical (unpaired) electrons. The quantitative estimate of drug-likeness (QED) is 0.725. The molecule has 0 unspecified atom stereocenters. The summed E-state index contributed by atoms with van der Waals surface area (Å²) in [6.07, 6.45) is 1.07. The molecule has 146 valence electrons. The number of ether oxygens (including phenoxy) is 1. The van der Waals surface area contributed by atoms with Crippen LogP contribution < -0.4 is 9.46 Å². The molecule has 1 amide bonds. The minimum Gasteiger partial charge on any atom is -0.497 e. The van der Waals surface area contributed by atoms with Gasteiger partial charge < -0.3 is 9.64 Å². The Morgan fingerprint density at radius 3 is 2.26 bits per heavy atom. The number of benzene rings is 2. The Kier molecular flexibility index (Phi) is 7.24. The van der Waals surface area contributed by atoms with Crippen LogP contribution in [0.25, 0.3) is 0 Å². The highest BCUT2D eigenvalue weighted by Gasteiger charge is 2.22. The Hall–Kier alpha value is -2.09. The molecule has 0 aliphatic heterocycles. The molecule has 0 heterocycles. The van der Waals surface area contributed by atoms with Gasteiger partial charge in [-0.05, 0) is 35.4 Å². The van der Waals surface area contributed by atoms with Crippen molar-refractivity contribution in [2.24, 2.45) is 0 Å². The predicted octanol–water partition coefficient (Wildman–Crippen LogP) is 2.99. The van der Waals surface area contributed by atoms with E-state index in [0.717, 1.165) is 17.6 Å². The van der Waals surface area contributed by atoms with Crippen LogP contribution in [0.1, 0.15) is 23.6 Å². The van der Waals surface area contributed by atoms with Gasteiger partial charge in [-0.25, -0.2) is 13.1 Å². The minimum atomic E-state index is -3.49. The Morgan fingerprint density at radius 2 is 1.74 bits per heavy atom. The van der Waals surface area contributed by atoms with E-state index in [-0.39, 0.29) is 12.3 Å². The Labute approximate surface area is 165 Å². The monoisotopic (exact) mass is 410 g/mol. The lowest BCUT2D eigenvalue weighted by atomic mass is 10.0. The van der Waals surface area contributed by atoms with Crippen molar-refractivity contribution in [1.82, 2.24) is 9.62 Å². The molecule has 1 atom stereocenters. The van der Waals surface area contributed by atoms with Gasteiger partial charge in [0.2, 0.25) is 15.9 Å². The summed E-state index contributed by atoms with van der Waals surface area (Å²) in [5.74, 6) is 0.565. The highest BCUT2D eigenvalue weighted by atomic mass is 35.5. The standard InChI is InChI=1S/C19H23ClN2O4S/c1-22(13-14-4-10-17(26-2)11-5-14)19(23)12-18(21-27(3,24)25)15-6-8-16(20)9-7-15/h4-11,18,21H,12-13H2,1-3H3/t18-/m0/s1. The molecule has 0 bridgehead atoms. The first-order chi connectivity index (χ1) is 12.7. The van der Waals surface area contributed by atoms with Gasteiger partial charge in [-0.3, -0.25) is 4.79 Å². The summed E-state index contributed by atoms with van der Waals surface area (Å²) in [5.41, 5.74) is 1.63. The number of amides is 1. The minimum absolute atomic E-state index is 0.00135.